The highest BCUT2D eigenvalue weighted by molar-refractivity contribution is 5.97. The summed E-state index contributed by atoms with van der Waals surface area (Å²) in [7, 11) is 0. The molecule has 0 aliphatic heterocycles. The Kier molecular flexibility index (Phi) is 11.1. The lowest BCUT2D eigenvalue weighted by molar-refractivity contribution is -0.143. The van der Waals surface area contributed by atoms with Crippen LogP contribution in [0, 0.1) is 0 Å². The Labute approximate surface area is 227 Å². The number of aliphatic carboxylic acids is 2. The molecule has 1 heterocycles. The van der Waals surface area contributed by atoms with E-state index in [1.807, 2.05) is 18.2 Å². The first-order valence-corrected chi connectivity index (χ1v) is 12.0. The maximum atomic E-state index is 12.9. The number of benzene rings is 1. The van der Waals surface area contributed by atoms with Gasteiger partial charge in [0.1, 0.15) is 18.1 Å². The van der Waals surface area contributed by atoms with Crippen LogP contribution in [0.1, 0.15) is 31.2 Å². The monoisotopic (exact) mass is 561 g/mol. The summed E-state index contributed by atoms with van der Waals surface area (Å²) in [5, 5.41) is 25.8. The van der Waals surface area contributed by atoms with Crippen LogP contribution >= 0.6 is 0 Å². The zero-order valence-electron chi connectivity index (χ0n) is 21.2. The molecule has 4 atom stereocenters. The lowest BCUT2D eigenvalue weighted by Crippen LogP contribution is -2.58. The van der Waals surface area contributed by atoms with Gasteiger partial charge in [-0.1, -0.05) is 18.2 Å². The number of para-hydroxylation sites is 1. The standard InChI is InChI=1S/C24H31N7O9/c25-13(7-11-10-28-14-4-2-1-3-12(11)14)21(36)30-17(9-20(34)35)23(38)31-16(8-19(27)33)22(37)29-15(24(39)40)5-6-18(26)32/h1-4,10,13,15-17,28H,5-9,25H2,(H2,26,32)(H2,27,33)(H,29,37)(H,30,36)(H,31,38)(H,34,35)(H,39,40). The van der Waals surface area contributed by atoms with E-state index in [2.05, 4.69) is 20.9 Å². The summed E-state index contributed by atoms with van der Waals surface area (Å²) in [6, 6.07) is 1.04. The first-order valence-electron chi connectivity index (χ1n) is 12.0. The van der Waals surface area contributed by atoms with Gasteiger partial charge in [0.2, 0.25) is 29.5 Å². The van der Waals surface area contributed by atoms with Crippen LogP contribution in [0.25, 0.3) is 10.9 Å². The van der Waals surface area contributed by atoms with Crippen LogP contribution in [0.3, 0.4) is 0 Å². The summed E-state index contributed by atoms with van der Waals surface area (Å²) in [6.45, 7) is 0. The van der Waals surface area contributed by atoms with Crippen LogP contribution in [0.4, 0.5) is 0 Å². The third kappa shape index (κ3) is 9.39. The Balaban J connectivity index is 2.14. The first kappa shape index (κ1) is 31.2. The number of carbonyl (C=O) groups is 7. The Hall–Kier alpha value is -4.99. The molecule has 12 N–H and O–H groups in total. The molecule has 40 heavy (non-hydrogen) atoms. The average molecular weight is 562 g/mol. The van der Waals surface area contributed by atoms with Gasteiger partial charge in [0.25, 0.3) is 0 Å². The second-order valence-electron chi connectivity index (χ2n) is 8.97. The summed E-state index contributed by atoms with van der Waals surface area (Å²) in [6.07, 6.45) is -0.729. The molecule has 5 amide bonds. The molecule has 2 aromatic rings. The van der Waals surface area contributed by atoms with Gasteiger partial charge in [-0.05, 0) is 24.5 Å². The van der Waals surface area contributed by atoms with Crippen LogP contribution in [0.15, 0.2) is 30.5 Å². The fourth-order valence-corrected chi connectivity index (χ4v) is 3.79. The molecule has 0 bridgehead atoms. The Bertz CT molecular complexity index is 1290. The van der Waals surface area contributed by atoms with Crippen molar-refractivity contribution in [3.05, 3.63) is 36.0 Å². The van der Waals surface area contributed by atoms with E-state index in [-0.39, 0.29) is 19.3 Å². The number of aromatic nitrogens is 1. The minimum atomic E-state index is -1.73. The molecule has 0 fully saturated rings. The maximum Gasteiger partial charge on any atom is 0.326 e. The van der Waals surface area contributed by atoms with Gasteiger partial charge >= 0.3 is 11.9 Å². The van der Waals surface area contributed by atoms with Crippen LogP contribution in [-0.2, 0) is 40.0 Å². The molecule has 0 aliphatic carbocycles. The molecular weight excluding hydrogens is 530 g/mol. The van der Waals surface area contributed by atoms with Crippen molar-refractivity contribution in [1.29, 1.82) is 0 Å². The predicted molar refractivity (Wildman–Crippen MR) is 138 cm³/mol. The Morgan fingerprint density at radius 1 is 0.800 bits per heavy atom. The third-order valence-electron chi connectivity index (χ3n) is 5.80. The van der Waals surface area contributed by atoms with Gasteiger partial charge in [-0.2, -0.15) is 0 Å². The number of nitrogens with two attached hydrogens (primary N) is 3. The molecule has 216 valence electrons. The molecule has 1 aromatic heterocycles. The fourth-order valence-electron chi connectivity index (χ4n) is 3.79. The van der Waals surface area contributed by atoms with Crippen LogP contribution in [-0.4, -0.2) is 80.8 Å². The molecule has 2 rings (SSSR count). The minimum absolute atomic E-state index is 0.0475. The van der Waals surface area contributed by atoms with Crippen molar-refractivity contribution in [2.45, 2.75) is 56.3 Å². The molecule has 1 aromatic carbocycles. The van der Waals surface area contributed by atoms with Gasteiger partial charge in [-0.25, -0.2) is 4.79 Å². The lowest BCUT2D eigenvalue weighted by Gasteiger charge is -2.24. The van der Waals surface area contributed by atoms with Crippen molar-refractivity contribution in [3.8, 4) is 0 Å². The van der Waals surface area contributed by atoms with Crippen LogP contribution in [0.5, 0.6) is 0 Å². The molecule has 0 saturated heterocycles. The van der Waals surface area contributed by atoms with Gasteiger partial charge in [-0.15, -0.1) is 0 Å². The quantitative estimate of drug-likeness (QED) is 0.101. The Morgan fingerprint density at radius 2 is 1.38 bits per heavy atom. The molecule has 0 saturated carbocycles. The molecule has 16 nitrogen and oxygen atoms in total. The number of carboxylic acid groups (broad SMARTS) is 2. The van der Waals surface area contributed by atoms with Gasteiger partial charge in [0.05, 0.1) is 18.9 Å². The Morgan fingerprint density at radius 3 is 1.95 bits per heavy atom. The lowest BCUT2D eigenvalue weighted by atomic mass is 10.0. The maximum absolute atomic E-state index is 12.9. The molecular formula is C24H31N7O9. The third-order valence-corrected chi connectivity index (χ3v) is 5.80. The first-order chi connectivity index (χ1) is 18.8. The molecule has 0 spiro atoms. The van der Waals surface area contributed by atoms with E-state index < -0.39 is 78.5 Å². The highest BCUT2D eigenvalue weighted by Gasteiger charge is 2.32. The number of amides is 5. The number of primary amides is 2. The van der Waals surface area contributed by atoms with E-state index >= 15 is 0 Å². The number of hydrogen-bond donors (Lipinski definition) is 9. The van der Waals surface area contributed by atoms with Crippen molar-refractivity contribution in [1.82, 2.24) is 20.9 Å². The SMILES string of the molecule is NC(=O)CCC(NC(=O)C(CC(N)=O)NC(=O)C(CC(=O)O)NC(=O)C(N)Cc1c[nH]c2ccccc12)C(=O)O. The summed E-state index contributed by atoms with van der Waals surface area (Å²) in [5.41, 5.74) is 17.7. The summed E-state index contributed by atoms with van der Waals surface area (Å²) >= 11 is 0. The number of rotatable bonds is 16. The normalized spacial score (nSPS) is 13.8. The van der Waals surface area contributed by atoms with Crippen molar-refractivity contribution in [2.24, 2.45) is 17.2 Å². The number of fused-ring (bicyclic) bond motifs is 1. The van der Waals surface area contributed by atoms with Crippen molar-refractivity contribution in [3.63, 3.8) is 0 Å². The van der Waals surface area contributed by atoms with Gasteiger partial charge in [-0.3, -0.25) is 28.8 Å². The van der Waals surface area contributed by atoms with Crippen molar-refractivity contribution >= 4 is 52.4 Å². The van der Waals surface area contributed by atoms with E-state index in [9.17, 15) is 43.8 Å². The molecule has 0 radical (unpaired) electrons. The zero-order valence-corrected chi connectivity index (χ0v) is 21.2. The molecule has 0 aliphatic rings. The summed E-state index contributed by atoms with van der Waals surface area (Å²) < 4.78 is 0. The van der Waals surface area contributed by atoms with E-state index in [0.29, 0.717) is 5.56 Å². The smallest absolute Gasteiger partial charge is 0.326 e. The zero-order chi connectivity index (χ0) is 30.0. The van der Waals surface area contributed by atoms with Gasteiger partial charge < -0.3 is 48.3 Å². The minimum Gasteiger partial charge on any atom is -0.481 e. The van der Waals surface area contributed by atoms with Gasteiger partial charge in [0.15, 0.2) is 0 Å². The highest BCUT2D eigenvalue weighted by Crippen LogP contribution is 2.18. The van der Waals surface area contributed by atoms with Crippen LogP contribution < -0.4 is 33.2 Å². The van der Waals surface area contributed by atoms with Gasteiger partial charge in [0, 0.05) is 23.5 Å². The number of nitrogens with one attached hydrogen (secondary N) is 4. The van der Waals surface area contributed by atoms with Crippen LogP contribution in [0.2, 0.25) is 0 Å². The molecule has 4 unspecified atom stereocenters. The summed E-state index contributed by atoms with van der Waals surface area (Å²) in [5.74, 6) is -8.04. The van der Waals surface area contributed by atoms with E-state index in [1.54, 1.807) is 12.3 Å². The number of aromatic amines is 1. The van der Waals surface area contributed by atoms with Crippen molar-refractivity contribution < 1.29 is 43.8 Å². The predicted octanol–water partition coefficient (Wildman–Crippen LogP) is -2.81. The topological polar surface area (TPSA) is 290 Å². The van der Waals surface area contributed by atoms with Crippen molar-refractivity contribution in [2.75, 3.05) is 0 Å². The number of carbonyl (C=O) groups excluding carboxylic acids is 5. The average Bonchev–Trinajstić information content (AvgIpc) is 3.27. The highest BCUT2D eigenvalue weighted by atomic mass is 16.4. The fraction of sp³-hybridized carbons (Fsp3) is 0.375. The number of H-pyrrole nitrogens is 1. The largest absolute Gasteiger partial charge is 0.481 e. The second kappa shape index (κ2) is 14.2. The molecule has 16 heteroatoms. The summed E-state index contributed by atoms with van der Waals surface area (Å²) in [4.78, 5) is 86.8. The van der Waals surface area contributed by atoms with E-state index in [1.165, 1.54) is 0 Å². The number of hydrogen-bond acceptors (Lipinski definition) is 8. The van der Waals surface area contributed by atoms with E-state index in [0.717, 1.165) is 10.9 Å². The second-order valence-corrected chi connectivity index (χ2v) is 8.97. The number of carboxylic acids is 2. The van der Waals surface area contributed by atoms with E-state index in [4.69, 9.17) is 17.2 Å².